The largest absolute Gasteiger partial charge is 0.472 e. The first kappa shape index (κ1) is 54.9. The van der Waals surface area contributed by atoms with Crippen molar-refractivity contribution in [3.05, 3.63) is 0 Å². The van der Waals surface area contributed by atoms with Gasteiger partial charge in [-0.05, 0) is 46.0 Å². The van der Waals surface area contributed by atoms with Gasteiger partial charge >= 0.3 is 19.8 Å². The fourth-order valence-corrected chi connectivity index (χ4v) is 8.14. The van der Waals surface area contributed by atoms with Crippen molar-refractivity contribution in [2.24, 2.45) is 0 Å². The first-order valence-corrected chi connectivity index (χ1v) is 25.3. The average molecular weight is 847 g/mol. The Kier molecular flexibility index (Phi) is 30.9. The number of ether oxygens (including phenoxy) is 3. The van der Waals surface area contributed by atoms with Crippen LogP contribution < -0.4 is 5.32 Å². The number of hydrogen-bond donors (Lipinski definition) is 1. The van der Waals surface area contributed by atoms with Crippen LogP contribution in [-0.4, -0.2) is 92.8 Å². The number of quaternary nitrogens is 1. The molecule has 1 aliphatic heterocycles. The molecule has 1 rings (SSSR count). The summed E-state index contributed by atoms with van der Waals surface area (Å²) in [6.45, 7) is 9.39. The molecule has 58 heavy (non-hydrogen) atoms. The van der Waals surface area contributed by atoms with Crippen LogP contribution in [0.2, 0.25) is 0 Å². The summed E-state index contributed by atoms with van der Waals surface area (Å²) in [5.74, 6) is -0.801. The molecule has 0 aliphatic carbocycles. The predicted molar refractivity (Wildman–Crippen MR) is 236 cm³/mol. The minimum atomic E-state index is -4.38. The van der Waals surface area contributed by atoms with Crippen molar-refractivity contribution in [2.45, 2.75) is 231 Å². The van der Waals surface area contributed by atoms with E-state index in [4.69, 9.17) is 28.6 Å². The zero-order chi connectivity index (χ0) is 43.0. The minimum absolute atomic E-state index is 0.0301. The Labute approximate surface area is 356 Å². The van der Waals surface area contributed by atoms with Gasteiger partial charge in [0.15, 0.2) is 6.10 Å². The maximum Gasteiger partial charge on any atom is 0.472 e. The molecule has 0 spiro atoms. The Morgan fingerprint density at radius 2 is 1.12 bits per heavy atom. The average Bonchev–Trinajstić information content (AvgIpc) is 3.48. The third-order valence-corrected chi connectivity index (χ3v) is 12.1. The van der Waals surface area contributed by atoms with Crippen molar-refractivity contribution in [1.29, 1.82) is 0 Å². The second kappa shape index (κ2) is 32.6. The summed E-state index contributed by atoms with van der Waals surface area (Å²) in [4.78, 5) is 35.5. The number of esters is 2. The second-order valence-corrected chi connectivity index (χ2v) is 20.1. The van der Waals surface area contributed by atoms with E-state index in [9.17, 15) is 19.0 Å². The fraction of sp³-hybridized carbons (Fsp3) is 0.957. The van der Waals surface area contributed by atoms with E-state index in [0.29, 0.717) is 17.4 Å². The number of likely N-dealkylation sites (N-methyl/N-ethyl adjacent to an activating group) is 1. The Morgan fingerprint density at radius 3 is 1.55 bits per heavy atom. The summed E-state index contributed by atoms with van der Waals surface area (Å²) in [6.07, 6.45) is 31.3. The van der Waals surface area contributed by atoms with Crippen LogP contribution in [0.25, 0.3) is 0 Å². The molecule has 11 nitrogen and oxygen atoms in total. The molecule has 0 aromatic carbocycles. The third-order valence-electron chi connectivity index (χ3n) is 11.1. The number of unbranched alkanes of at least 4 members (excludes halogenated alkanes) is 23. The van der Waals surface area contributed by atoms with Crippen molar-refractivity contribution in [1.82, 2.24) is 5.32 Å². The monoisotopic (exact) mass is 847 g/mol. The van der Waals surface area contributed by atoms with E-state index >= 15 is 0 Å². The number of phosphoric acid groups is 1. The molecule has 0 bridgehead atoms. The van der Waals surface area contributed by atoms with Gasteiger partial charge in [0, 0.05) is 12.8 Å². The smallest absolute Gasteiger partial charge is 0.462 e. The molecular weight excluding hydrogens is 755 g/mol. The van der Waals surface area contributed by atoms with Crippen molar-refractivity contribution >= 4 is 19.8 Å². The van der Waals surface area contributed by atoms with Gasteiger partial charge < -0.3 is 23.6 Å². The summed E-state index contributed by atoms with van der Waals surface area (Å²) in [5, 5.41) is 4.96. The maximum atomic E-state index is 12.7. The Hall–Kier alpha value is -1.07. The molecule has 12 heteroatoms. The first-order valence-electron chi connectivity index (χ1n) is 23.8. The van der Waals surface area contributed by atoms with Crippen LogP contribution in [0, 0.1) is 0 Å². The van der Waals surface area contributed by atoms with Crippen molar-refractivity contribution in [3.8, 4) is 0 Å². The highest BCUT2D eigenvalue weighted by atomic mass is 31.2. The second-order valence-electron chi connectivity index (χ2n) is 18.7. The molecule has 2 unspecified atom stereocenters. The van der Waals surface area contributed by atoms with E-state index in [1.54, 1.807) is 0 Å². The van der Waals surface area contributed by atoms with Crippen LogP contribution in [-0.2, 0) is 37.4 Å². The third kappa shape index (κ3) is 31.8. The van der Waals surface area contributed by atoms with E-state index in [-0.39, 0.29) is 43.3 Å². The highest BCUT2D eigenvalue weighted by Crippen LogP contribution is 2.43. The molecule has 0 amide bonds. The summed E-state index contributed by atoms with van der Waals surface area (Å²) in [5.41, 5.74) is -0.305. The van der Waals surface area contributed by atoms with Gasteiger partial charge in [0.2, 0.25) is 0 Å². The maximum absolute atomic E-state index is 12.7. The van der Waals surface area contributed by atoms with Gasteiger partial charge in [0.25, 0.3) is 0 Å². The quantitative estimate of drug-likeness (QED) is 0.0277. The van der Waals surface area contributed by atoms with Gasteiger partial charge in [-0.15, -0.1) is 0 Å². The van der Waals surface area contributed by atoms with Crippen molar-refractivity contribution in [3.63, 3.8) is 0 Å². The number of phosphoric ester groups is 1. The van der Waals surface area contributed by atoms with Crippen LogP contribution in [0.5, 0.6) is 0 Å². The molecule has 1 aliphatic rings. The van der Waals surface area contributed by atoms with Gasteiger partial charge in [-0.1, -0.05) is 155 Å². The summed E-state index contributed by atoms with van der Waals surface area (Å²) < 4.78 is 40.5. The van der Waals surface area contributed by atoms with Crippen molar-refractivity contribution in [2.75, 3.05) is 54.1 Å². The lowest BCUT2D eigenvalue weighted by atomic mass is 9.98. The molecule has 0 saturated carbocycles. The zero-order valence-corrected chi connectivity index (χ0v) is 39.6. The number of rotatable bonds is 40. The van der Waals surface area contributed by atoms with Gasteiger partial charge in [0.1, 0.15) is 25.5 Å². The summed E-state index contributed by atoms with van der Waals surface area (Å²) in [6, 6.07) is 0. The van der Waals surface area contributed by atoms with Crippen LogP contribution in [0.15, 0.2) is 0 Å². The number of carbonyl (C=O) groups is 2. The topological polar surface area (TPSA) is 132 Å². The van der Waals surface area contributed by atoms with Gasteiger partial charge in [0.05, 0.1) is 39.9 Å². The first-order chi connectivity index (χ1) is 27.6. The molecule has 0 aromatic heterocycles. The van der Waals surface area contributed by atoms with Gasteiger partial charge in [-0.3, -0.25) is 18.6 Å². The number of hydrogen-bond acceptors (Lipinski definition) is 8. The molecule has 1 N–H and O–H groups in total. The van der Waals surface area contributed by atoms with E-state index in [0.717, 1.165) is 58.0 Å². The minimum Gasteiger partial charge on any atom is -0.462 e. The molecule has 3 atom stereocenters. The lowest BCUT2D eigenvalue weighted by Gasteiger charge is -2.27. The number of carbonyl (C=O) groups excluding carboxylic acids is 2. The normalized spacial score (nSPS) is 18.3. The van der Waals surface area contributed by atoms with E-state index in [2.05, 4.69) is 27.7 Å². The molecule has 1 saturated heterocycles. The number of nitrogens with zero attached hydrogens (tertiary/aromatic N) is 2. The molecule has 1 heterocycles. The predicted octanol–water partition coefficient (Wildman–Crippen LogP) is 11.7. The lowest BCUT2D eigenvalue weighted by molar-refractivity contribution is -0.870. The van der Waals surface area contributed by atoms with Crippen LogP contribution >= 0.6 is 7.82 Å². The molecule has 1 fully saturated rings. The molecule has 1 radical (unpaired) electrons. The standard InChI is InChI=1S/C46H90N2O9P/c1-8-10-11-12-13-14-15-16-19-22-25-28-31-34-43(49)53-39-42(40-56-58(51,52)55-38-37-48(5,6)7)57-44(50)35-32-29-26-23-20-17-18-21-24-27-30-33-36-46(9-2)47-45(3,4)41-54-46/h42H,8-41H2,1-7H3/p+1/t42-,46?/m1/s1. The Bertz CT molecular complexity index is 1090. The highest BCUT2D eigenvalue weighted by molar-refractivity contribution is 7.47. The van der Waals surface area contributed by atoms with Crippen LogP contribution in [0.1, 0.15) is 214 Å². The van der Waals surface area contributed by atoms with E-state index in [1.165, 1.54) is 116 Å². The zero-order valence-electron chi connectivity index (χ0n) is 38.7. The summed E-state index contributed by atoms with van der Waals surface area (Å²) in [7, 11) is 1.47. The lowest BCUT2D eigenvalue weighted by Crippen LogP contribution is -2.41. The molecular formula is C46H91N2O9P+. The fourth-order valence-electron chi connectivity index (χ4n) is 7.40. The van der Waals surface area contributed by atoms with E-state index < -0.39 is 26.5 Å². The van der Waals surface area contributed by atoms with E-state index in [1.807, 2.05) is 21.1 Å². The highest BCUT2D eigenvalue weighted by Gasteiger charge is 2.43. The van der Waals surface area contributed by atoms with Gasteiger partial charge in [-0.25, -0.2) is 9.88 Å². The molecule has 0 aromatic rings. The van der Waals surface area contributed by atoms with Gasteiger partial charge in [-0.2, -0.15) is 0 Å². The van der Waals surface area contributed by atoms with Crippen LogP contribution in [0.4, 0.5) is 0 Å². The summed E-state index contributed by atoms with van der Waals surface area (Å²) >= 11 is 0. The molecule has 343 valence electrons. The Balaban J connectivity index is 2.24. The van der Waals surface area contributed by atoms with Crippen molar-refractivity contribution < 1.29 is 46.8 Å². The SMILES string of the molecule is CCCCCCCCCCCCCCCC(=O)OC[C@H](COP(=O)(O)OCC[N+](C)(C)C)OC(=O)CCCCCCCCCCCCCCC1(CC)[N]C(C)(C)CO1. The Morgan fingerprint density at radius 1 is 0.672 bits per heavy atom. The van der Waals surface area contributed by atoms with Crippen LogP contribution in [0.3, 0.4) is 0 Å².